The zero-order valence-corrected chi connectivity index (χ0v) is 12.5. The highest BCUT2D eigenvalue weighted by Crippen LogP contribution is 2.37. The van der Waals surface area contributed by atoms with Gasteiger partial charge in [0.2, 0.25) is 0 Å². The Balaban J connectivity index is 2.51. The molecule has 1 unspecified atom stereocenters. The van der Waals surface area contributed by atoms with Crippen LogP contribution < -0.4 is 0 Å². The summed E-state index contributed by atoms with van der Waals surface area (Å²) in [6.45, 7) is 6.69. The smallest absolute Gasteiger partial charge is 0.109 e. The number of aromatic nitrogens is 1. The van der Waals surface area contributed by atoms with Gasteiger partial charge < -0.3 is 9.84 Å². The molecule has 0 fully saturated rings. The average molecular weight is 273 g/mol. The van der Waals surface area contributed by atoms with Crippen LogP contribution in [0.1, 0.15) is 45.3 Å². The Morgan fingerprint density at radius 1 is 1.15 bits per heavy atom. The highest BCUT2D eigenvalue weighted by atomic mass is 16.5. The van der Waals surface area contributed by atoms with Gasteiger partial charge in [0.15, 0.2) is 0 Å². The van der Waals surface area contributed by atoms with E-state index in [0.29, 0.717) is 6.61 Å². The lowest BCUT2D eigenvalue weighted by Gasteiger charge is -2.37. The van der Waals surface area contributed by atoms with Gasteiger partial charge in [0.1, 0.15) is 6.10 Å². The summed E-state index contributed by atoms with van der Waals surface area (Å²) in [4.78, 5) is 4.35. The van der Waals surface area contributed by atoms with Crippen molar-refractivity contribution >= 4 is 10.9 Å². The molecule has 0 spiro atoms. The minimum absolute atomic E-state index is 0.529. The van der Waals surface area contributed by atoms with Gasteiger partial charge in [-0.25, -0.2) is 0 Å². The number of rotatable bonds is 6. The Labute approximate surface area is 120 Å². The van der Waals surface area contributed by atoms with Crippen molar-refractivity contribution in [1.29, 1.82) is 0 Å². The lowest BCUT2D eigenvalue weighted by atomic mass is 9.84. The van der Waals surface area contributed by atoms with Crippen molar-refractivity contribution in [1.82, 2.24) is 4.98 Å². The van der Waals surface area contributed by atoms with Crippen LogP contribution >= 0.6 is 0 Å². The summed E-state index contributed by atoms with van der Waals surface area (Å²) in [7, 11) is 0. The third-order valence-electron chi connectivity index (χ3n) is 4.10. The number of ether oxygens (including phenoxy) is 1. The fraction of sp³-hybridized carbons (Fsp3) is 0.471. The first-order valence-corrected chi connectivity index (χ1v) is 7.34. The summed E-state index contributed by atoms with van der Waals surface area (Å²) in [5.74, 6) is 0. The zero-order chi connectivity index (χ0) is 14.6. The summed E-state index contributed by atoms with van der Waals surface area (Å²) in [5.41, 5.74) is 1.27. The fourth-order valence-corrected chi connectivity index (χ4v) is 2.86. The lowest BCUT2D eigenvalue weighted by molar-refractivity contribution is -0.127. The highest BCUT2D eigenvalue weighted by Gasteiger charge is 2.37. The van der Waals surface area contributed by atoms with Gasteiger partial charge in [-0.05, 0) is 37.5 Å². The molecule has 1 aromatic heterocycles. The predicted octanol–water partition coefficient (Wildman–Crippen LogP) is 3.86. The Morgan fingerprint density at radius 3 is 2.55 bits per heavy atom. The van der Waals surface area contributed by atoms with E-state index in [2.05, 4.69) is 18.8 Å². The summed E-state index contributed by atoms with van der Waals surface area (Å²) in [5, 5.41) is 11.9. The predicted molar refractivity (Wildman–Crippen MR) is 81.6 cm³/mol. The van der Waals surface area contributed by atoms with Crippen molar-refractivity contribution in [2.45, 2.75) is 45.3 Å². The quantitative estimate of drug-likeness (QED) is 0.869. The van der Waals surface area contributed by atoms with E-state index >= 15 is 0 Å². The minimum atomic E-state index is -0.648. The van der Waals surface area contributed by atoms with Crippen LogP contribution in [0.3, 0.4) is 0 Å². The molecule has 1 aromatic carbocycles. The Hall–Kier alpha value is -1.45. The van der Waals surface area contributed by atoms with E-state index in [1.54, 1.807) is 6.20 Å². The van der Waals surface area contributed by atoms with E-state index in [-0.39, 0.29) is 0 Å². The van der Waals surface area contributed by atoms with E-state index in [1.165, 1.54) is 0 Å². The summed E-state index contributed by atoms with van der Waals surface area (Å²) >= 11 is 0. The van der Waals surface area contributed by atoms with Gasteiger partial charge in [0, 0.05) is 18.2 Å². The first kappa shape index (κ1) is 14.9. The van der Waals surface area contributed by atoms with E-state index in [0.717, 1.165) is 29.3 Å². The van der Waals surface area contributed by atoms with Crippen molar-refractivity contribution in [3.8, 4) is 0 Å². The molecule has 1 heterocycles. The monoisotopic (exact) mass is 273 g/mol. The minimum Gasteiger partial charge on any atom is -0.385 e. The number of hydrogen-bond donors (Lipinski definition) is 1. The average Bonchev–Trinajstić information content (AvgIpc) is 2.51. The SMILES string of the molecule is CCOC(CC)(CC)C(O)c1cccc2ncccc12. The van der Waals surface area contributed by atoms with Crippen LogP contribution in [0, 0.1) is 0 Å². The zero-order valence-electron chi connectivity index (χ0n) is 12.5. The molecular weight excluding hydrogens is 250 g/mol. The van der Waals surface area contributed by atoms with E-state index in [4.69, 9.17) is 4.74 Å². The van der Waals surface area contributed by atoms with Crippen molar-refractivity contribution in [2.75, 3.05) is 6.61 Å². The molecule has 0 saturated carbocycles. The molecule has 3 heteroatoms. The first-order chi connectivity index (χ1) is 9.68. The van der Waals surface area contributed by atoms with E-state index in [1.807, 2.05) is 37.3 Å². The van der Waals surface area contributed by atoms with Crippen molar-refractivity contribution in [3.63, 3.8) is 0 Å². The molecule has 0 aliphatic carbocycles. The summed E-state index contributed by atoms with van der Waals surface area (Å²) in [6.07, 6.45) is 2.67. The third kappa shape index (κ3) is 2.56. The summed E-state index contributed by atoms with van der Waals surface area (Å²) < 4.78 is 5.92. The largest absolute Gasteiger partial charge is 0.385 e. The Morgan fingerprint density at radius 2 is 1.90 bits per heavy atom. The van der Waals surface area contributed by atoms with Crippen LogP contribution in [0.25, 0.3) is 10.9 Å². The van der Waals surface area contributed by atoms with Crippen LogP contribution in [0.2, 0.25) is 0 Å². The second-order valence-electron chi connectivity index (χ2n) is 5.02. The summed E-state index contributed by atoms with van der Waals surface area (Å²) in [6, 6.07) is 9.78. The van der Waals surface area contributed by atoms with Gasteiger partial charge in [0.25, 0.3) is 0 Å². The van der Waals surface area contributed by atoms with Crippen LogP contribution in [0.4, 0.5) is 0 Å². The number of benzene rings is 1. The number of nitrogens with zero attached hydrogens (tertiary/aromatic N) is 1. The number of hydrogen-bond acceptors (Lipinski definition) is 3. The fourth-order valence-electron chi connectivity index (χ4n) is 2.86. The molecule has 20 heavy (non-hydrogen) atoms. The molecule has 0 aliphatic heterocycles. The topological polar surface area (TPSA) is 42.4 Å². The van der Waals surface area contributed by atoms with Crippen LogP contribution in [0.15, 0.2) is 36.5 Å². The Bertz CT molecular complexity index is 558. The molecule has 0 bridgehead atoms. The second-order valence-corrected chi connectivity index (χ2v) is 5.02. The van der Waals surface area contributed by atoms with Gasteiger partial charge in [-0.2, -0.15) is 0 Å². The van der Waals surface area contributed by atoms with E-state index in [9.17, 15) is 5.11 Å². The molecular formula is C17H23NO2. The maximum absolute atomic E-state index is 10.9. The standard InChI is InChI=1S/C17H23NO2/c1-4-17(5-2,20-6-3)16(19)14-9-7-11-15-13(14)10-8-12-18-15/h7-12,16,19H,4-6H2,1-3H3. The van der Waals surface area contributed by atoms with Crippen LogP contribution in [-0.4, -0.2) is 22.3 Å². The molecule has 0 radical (unpaired) electrons. The molecule has 108 valence electrons. The molecule has 0 saturated heterocycles. The van der Waals surface area contributed by atoms with Gasteiger partial charge in [0.05, 0.1) is 11.1 Å². The number of aliphatic hydroxyl groups is 1. The van der Waals surface area contributed by atoms with Gasteiger partial charge >= 0.3 is 0 Å². The van der Waals surface area contributed by atoms with E-state index < -0.39 is 11.7 Å². The number of aliphatic hydroxyl groups excluding tert-OH is 1. The molecule has 3 nitrogen and oxygen atoms in total. The molecule has 0 aliphatic rings. The first-order valence-electron chi connectivity index (χ1n) is 7.34. The number of fused-ring (bicyclic) bond motifs is 1. The van der Waals surface area contributed by atoms with Crippen molar-refractivity contribution in [3.05, 3.63) is 42.1 Å². The molecule has 2 aromatic rings. The normalized spacial score (nSPS) is 13.6. The van der Waals surface area contributed by atoms with Crippen molar-refractivity contribution < 1.29 is 9.84 Å². The van der Waals surface area contributed by atoms with Gasteiger partial charge in [-0.3, -0.25) is 4.98 Å². The molecule has 2 rings (SSSR count). The van der Waals surface area contributed by atoms with Gasteiger partial charge in [-0.1, -0.05) is 32.0 Å². The van der Waals surface area contributed by atoms with Crippen molar-refractivity contribution in [2.24, 2.45) is 0 Å². The van der Waals surface area contributed by atoms with Crippen LogP contribution in [0.5, 0.6) is 0 Å². The maximum Gasteiger partial charge on any atom is 0.109 e. The lowest BCUT2D eigenvalue weighted by Crippen LogP contribution is -2.38. The number of pyridine rings is 1. The molecule has 1 N–H and O–H groups in total. The van der Waals surface area contributed by atoms with Crippen LogP contribution in [-0.2, 0) is 4.74 Å². The highest BCUT2D eigenvalue weighted by molar-refractivity contribution is 5.82. The maximum atomic E-state index is 10.9. The third-order valence-corrected chi connectivity index (χ3v) is 4.10. The van der Waals surface area contributed by atoms with Gasteiger partial charge in [-0.15, -0.1) is 0 Å². The molecule has 0 amide bonds. The second kappa shape index (κ2) is 6.33. The Kier molecular flexibility index (Phi) is 4.73. The molecule has 1 atom stereocenters.